The molecule has 4 aliphatic carbocycles. The first kappa shape index (κ1) is 26.7. The fraction of sp³-hybridized carbons (Fsp3) is 0.174. The number of allylic oxidation sites excluding steroid dienone is 2. The van der Waals surface area contributed by atoms with Crippen LogP contribution >= 0.6 is 0 Å². The number of nitrogens with zero attached hydrogens (tertiary/aromatic N) is 2. The van der Waals surface area contributed by atoms with Crippen molar-refractivity contribution in [1.82, 2.24) is 0 Å². The van der Waals surface area contributed by atoms with Crippen molar-refractivity contribution in [2.45, 2.75) is 25.2 Å². The molecule has 0 saturated heterocycles. The first-order valence-electron chi connectivity index (χ1n) is 18.2. The Morgan fingerprint density at radius 1 is 0.612 bits per heavy atom. The van der Waals surface area contributed by atoms with Gasteiger partial charge >= 0.3 is 0 Å². The quantitative estimate of drug-likeness (QED) is 0.139. The SMILES string of the molecule is CC1CC2C=C3C2C(C1)C31c2ccccc2-c2cc3c4c(c21)N(c1ccccc1)c1ccccc1B4c1ccccc1N3c1ccccc1. The highest BCUT2D eigenvalue weighted by molar-refractivity contribution is 7.00. The fourth-order valence-corrected chi connectivity index (χ4v) is 11.6. The minimum Gasteiger partial charge on any atom is -0.311 e. The van der Waals surface area contributed by atoms with Gasteiger partial charge in [0.05, 0.1) is 0 Å². The Morgan fingerprint density at radius 3 is 1.96 bits per heavy atom. The number of para-hydroxylation sites is 4. The molecular formula is C46H35BN2. The van der Waals surface area contributed by atoms with Gasteiger partial charge in [-0.2, -0.15) is 0 Å². The van der Waals surface area contributed by atoms with Crippen LogP contribution in [0.25, 0.3) is 11.1 Å². The van der Waals surface area contributed by atoms with Crippen LogP contribution in [-0.4, -0.2) is 6.71 Å². The zero-order valence-corrected chi connectivity index (χ0v) is 27.6. The molecule has 0 aromatic heterocycles. The van der Waals surface area contributed by atoms with E-state index in [0.29, 0.717) is 5.92 Å². The number of fused-ring (bicyclic) bond motifs is 12. The normalized spacial score (nSPS) is 25.6. The Hall–Kier alpha value is -5.28. The largest absolute Gasteiger partial charge is 0.311 e. The van der Waals surface area contributed by atoms with E-state index in [2.05, 4.69) is 162 Å². The van der Waals surface area contributed by atoms with Crippen LogP contribution in [-0.2, 0) is 5.41 Å². The number of benzene rings is 6. The minimum absolute atomic E-state index is 0.0788. The van der Waals surface area contributed by atoms with E-state index in [1.807, 2.05) is 0 Å². The molecule has 49 heavy (non-hydrogen) atoms. The molecule has 5 atom stereocenters. The highest BCUT2D eigenvalue weighted by atomic mass is 15.2. The molecule has 2 heterocycles. The van der Waals surface area contributed by atoms with Crippen LogP contribution in [0.3, 0.4) is 0 Å². The standard InChI is InChI=1S/C46H35BN2/c1-28-24-29-26-36-42(29)35(25-28)46(36)34-19-9-8-18-32(34)33-27-41-44-45(43(33)46)49(31-16-6-3-7-17-31)40-23-13-11-21-38(40)47(44)37-20-10-12-22-39(37)48(41)30-14-4-2-5-15-30/h2-23,26-29,35,42H,24-25H2,1H3. The van der Waals surface area contributed by atoms with Crippen LogP contribution < -0.4 is 26.2 Å². The van der Waals surface area contributed by atoms with E-state index in [-0.39, 0.29) is 12.1 Å². The number of hydrogen-bond acceptors (Lipinski definition) is 2. The lowest BCUT2D eigenvalue weighted by atomic mass is 9.32. The van der Waals surface area contributed by atoms with Crippen LogP contribution in [0.1, 0.15) is 30.9 Å². The van der Waals surface area contributed by atoms with Crippen LogP contribution in [0, 0.1) is 23.7 Å². The lowest BCUT2D eigenvalue weighted by molar-refractivity contribution is 0.0150. The van der Waals surface area contributed by atoms with Crippen molar-refractivity contribution < 1.29 is 0 Å². The zero-order chi connectivity index (χ0) is 32.0. The van der Waals surface area contributed by atoms with Gasteiger partial charge in [0.25, 0.3) is 6.71 Å². The van der Waals surface area contributed by atoms with Crippen LogP contribution in [0.4, 0.5) is 34.1 Å². The van der Waals surface area contributed by atoms with Gasteiger partial charge in [0.1, 0.15) is 0 Å². The summed E-state index contributed by atoms with van der Waals surface area (Å²) in [5, 5.41) is 0. The average molecular weight is 627 g/mol. The first-order valence-corrected chi connectivity index (χ1v) is 18.2. The Balaban J connectivity index is 1.28. The molecule has 3 heteroatoms. The molecule has 0 N–H and O–H groups in total. The Kier molecular flexibility index (Phi) is 5.03. The summed E-state index contributed by atoms with van der Waals surface area (Å²) in [5.41, 5.74) is 19.5. The molecule has 5 unspecified atom stereocenters. The summed E-state index contributed by atoms with van der Waals surface area (Å²) < 4.78 is 0. The summed E-state index contributed by atoms with van der Waals surface area (Å²) >= 11 is 0. The smallest absolute Gasteiger partial charge is 0.252 e. The topological polar surface area (TPSA) is 6.48 Å². The predicted molar refractivity (Wildman–Crippen MR) is 204 cm³/mol. The van der Waals surface area contributed by atoms with Crippen molar-refractivity contribution >= 4 is 57.2 Å². The van der Waals surface area contributed by atoms with Gasteiger partial charge in [0, 0.05) is 39.5 Å². The molecular weight excluding hydrogens is 591 g/mol. The second kappa shape index (κ2) is 9.24. The van der Waals surface area contributed by atoms with E-state index in [9.17, 15) is 0 Å². The van der Waals surface area contributed by atoms with Gasteiger partial charge in [-0.05, 0) is 118 Å². The molecule has 2 fully saturated rings. The fourth-order valence-electron chi connectivity index (χ4n) is 11.6. The van der Waals surface area contributed by atoms with Gasteiger partial charge in [-0.25, -0.2) is 0 Å². The Bertz CT molecular complexity index is 2400. The monoisotopic (exact) mass is 626 g/mol. The van der Waals surface area contributed by atoms with E-state index in [1.165, 1.54) is 80.0 Å². The number of anilines is 6. The zero-order valence-electron chi connectivity index (χ0n) is 27.6. The predicted octanol–water partition coefficient (Wildman–Crippen LogP) is 9.27. The molecule has 6 aromatic carbocycles. The van der Waals surface area contributed by atoms with Gasteiger partial charge in [0.2, 0.25) is 0 Å². The molecule has 2 saturated carbocycles. The van der Waals surface area contributed by atoms with E-state index in [0.717, 1.165) is 17.8 Å². The van der Waals surface area contributed by atoms with Gasteiger partial charge in [-0.1, -0.05) is 116 Å². The molecule has 0 bridgehead atoms. The first-order chi connectivity index (χ1) is 24.2. The van der Waals surface area contributed by atoms with Crippen LogP contribution in [0.2, 0.25) is 0 Å². The molecule has 6 aliphatic rings. The van der Waals surface area contributed by atoms with E-state index < -0.39 is 0 Å². The van der Waals surface area contributed by atoms with Gasteiger partial charge in [0.15, 0.2) is 0 Å². The van der Waals surface area contributed by atoms with E-state index in [4.69, 9.17) is 0 Å². The van der Waals surface area contributed by atoms with Crippen molar-refractivity contribution in [3.8, 4) is 11.1 Å². The van der Waals surface area contributed by atoms with Crippen molar-refractivity contribution in [2.24, 2.45) is 23.7 Å². The second-order valence-corrected chi connectivity index (χ2v) is 15.3. The minimum atomic E-state index is -0.0788. The summed E-state index contributed by atoms with van der Waals surface area (Å²) in [4.78, 5) is 5.21. The third kappa shape index (κ3) is 3.08. The summed E-state index contributed by atoms with van der Waals surface area (Å²) in [6.07, 6.45) is 5.36. The summed E-state index contributed by atoms with van der Waals surface area (Å²) in [7, 11) is 0. The van der Waals surface area contributed by atoms with Crippen LogP contribution in [0.5, 0.6) is 0 Å². The summed E-state index contributed by atoms with van der Waals surface area (Å²) in [6, 6.07) is 52.7. The highest BCUT2D eigenvalue weighted by Gasteiger charge is 2.70. The molecule has 1 spiro atoms. The van der Waals surface area contributed by atoms with E-state index in [1.54, 1.807) is 11.1 Å². The molecule has 0 radical (unpaired) electrons. The lowest BCUT2D eigenvalue weighted by Crippen LogP contribution is -2.65. The maximum Gasteiger partial charge on any atom is 0.252 e. The third-order valence-electron chi connectivity index (χ3n) is 13.1. The number of hydrogen-bond donors (Lipinski definition) is 0. The van der Waals surface area contributed by atoms with Crippen molar-refractivity contribution in [3.05, 3.63) is 162 Å². The summed E-state index contributed by atoms with van der Waals surface area (Å²) in [6.45, 7) is 2.64. The average Bonchev–Trinajstić information content (AvgIpc) is 3.44. The molecule has 0 amide bonds. The molecule has 12 rings (SSSR count). The lowest BCUT2D eigenvalue weighted by Gasteiger charge is -2.68. The Labute approximate surface area is 288 Å². The molecule has 2 nitrogen and oxygen atoms in total. The molecule has 2 aliphatic heterocycles. The maximum atomic E-state index is 2.71. The maximum absolute atomic E-state index is 2.71. The third-order valence-corrected chi connectivity index (χ3v) is 13.1. The second-order valence-electron chi connectivity index (χ2n) is 15.3. The van der Waals surface area contributed by atoms with Crippen molar-refractivity contribution in [2.75, 3.05) is 9.80 Å². The summed E-state index contributed by atoms with van der Waals surface area (Å²) in [5.74, 6) is 2.86. The molecule has 232 valence electrons. The van der Waals surface area contributed by atoms with Crippen molar-refractivity contribution in [1.29, 1.82) is 0 Å². The van der Waals surface area contributed by atoms with Crippen molar-refractivity contribution in [3.63, 3.8) is 0 Å². The van der Waals surface area contributed by atoms with E-state index >= 15 is 0 Å². The highest BCUT2D eigenvalue weighted by Crippen LogP contribution is 2.77. The van der Waals surface area contributed by atoms with Gasteiger partial charge < -0.3 is 9.80 Å². The van der Waals surface area contributed by atoms with Gasteiger partial charge in [-0.15, -0.1) is 0 Å². The number of rotatable bonds is 2. The van der Waals surface area contributed by atoms with Gasteiger partial charge in [-0.3, -0.25) is 0 Å². The Morgan fingerprint density at radius 2 is 1.22 bits per heavy atom. The van der Waals surface area contributed by atoms with Crippen LogP contribution in [0.15, 0.2) is 151 Å². The molecule has 6 aromatic rings.